The van der Waals surface area contributed by atoms with Crippen molar-refractivity contribution in [2.24, 2.45) is 10.9 Å². The van der Waals surface area contributed by atoms with Gasteiger partial charge in [-0.15, -0.1) is 11.3 Å². The molecule has 0 aliphatic carbocycles. The van der Waals surface area contributed by atoms with E-state index in [-0.39, 0.29) is 21.6 Å². The van der Waals surface area contributed by atoms with Crippen molar-refractivity contribution in [2.75, 3.05) is 0 Å². The fraction of sp³-hybridized carbons (Fsp3) is 0. The maximum atomic E-state index is 11.7. The summed E-state index contributed by atoms with van der Waals surface area (Å²) in [5.41, 5.74) is 5.24. The molecule has 0 radical (unpaired) electrons. The summed E-state index contributed by atoms with van der Waals surface area (Å²) in [6, 6.07) is 5.82. The minimum absolute atomic E-state index is 0.0503. The molecule has 1 aromatic carbocycles. The third-order valence-electron chi connectivity index (χ3n) is 2.70. The second kappa shape index (κ2) is 5.28. The van der Waals surface area contributed by atoms with Gasteiger partial charge in [0.1, 0.15) is 9.77 Å². The van der Waals surface area contributed by atoms with Crippen LogP contribution in [-0.2, 0) is 10.0 Å². The number of hydrogen-bond donors (Lipinski definition) is 3. The van der Waals surface area contributed by atoms with Gasteiger partial charge in [-0.1, -0.05) is 18.2 Å². The molecule has 1 amide bonds. The van der Waals surface area contributed by atoms with Crippen LogP contribution in [0.2, 0.25) is 0 Å². The summed E-state index contributed by atoms with van der Waals surface area (Å²) in [6.45, 7) is 0. The Kier molecular flexibility index (Phi) is 3.81. The first kappa shape index (κ1) is 15.2. The van der Waals surface area contributed by atoms with Crippen molar-refractivity contribution >= 4 is 33.2 Å². The largest absolute Gasteiger partial charge is 0.478 e. The van der Waals surface area contributed by atoms with E-state index in [1.807, 2.05) is 0 Å². The Morgan fingerprint density at radius 1 is 1.14 bits per heavy atom. The Labute approximate surface area is 123 Å². The predicted octanol–water partition coefficient (Wildman–Crippen LogP) is 0.860. The van der Waals surface area contributed by atoms with E-state index >= 15 is 0 Å². The molecule has 0 spiro atoms. The first-order valence-electron chi connectivity index (χ1n) is 5.50. The molecule has 1 aromatic heterocycles. The molecule has 0 aliphatic rings. The summed E-state index contributed by atoms with van der Waals surface area (Å²) in [5.74, 6) is -2.17. The third kappa shape index (κ3) is 2.79. The van der Waals surface area contributed by atoms with Gasteiger partial charge in [0.05, 0.1) is 5.56 Å². The van der Waals surface area contributed by atoms with E-state index < -0.39 is 26.8 Å². The number of thiophene rings is 1. The first-order chi connectivity index (χ1) is 9.73. The van der Waals surface area contributed by atoms with Crippen molar-refractivity contribution in [3.05, 3.63) is 40.1 Å². The van der Waals surface area contributed by atoms with E-state index in [2.05, 4.69) is 0 Å². The molecule has 0 bridgehead atoms. The number of rotatable bonds is 4. The first-order valence-corrected chi connectivity index (χ1v) is 7.93. The van der Waals surface area contributed by atoms with Crippen LogP contribution >= 0.6 is 11.3 Å². The summed E-state index contributed by atoms with van der Waals surface area (Å²) < 4.78 is 23.4. The number of primary amides is 1. The second-order valence-corrected chi connectivity index (χ2v) is 6.45. The number of carboxylic acids is 1. The Bertz CT molecular complexity index is 839. The van der Waals surface area contributed by atoms with Crippen LogP contribution in [0.25, 0.3) is 11.1 Å². The van der Waals surface area contributed by atoms with Gasteiger partial charge in [-0.3, -0.25) is 4.79 Å². The lowest BCUT2D eigenvalue weighted by atomic mass is 10.0. The normalized spacial score (nSPS) is 11.3. The monoisotopic (exact) mass is 326 g/mol. The number of amides is 1. The molecule has 5 N–H and O–H groups in total. The molecule has 0 aliphatic heterocycles. The number of carboxylic acid groups (broad SMARTS) is 1. The van der Waals surface area contributed by atoms with Gasteiger partial charge in [0, 0.05) is 10.9 Å². The zero-order valence-electron chi connectivity index (χ0n) is 10.4. The van der Waals surface area contributed by atoms with E-state index in [0.717, 1.165) is 11.3 Å². The van der Waals surface area contributed by atoms with Crippen LogP contribution in [0.5, 0.6) is 0 Å². The van der Waals surface area contributed by atoms with Crippen LogP contribution in [-0.4, -0.2) is 25.4 Å². The standard InChI is InChI=1S/C12H10N2O5S2/c13-11(15)9-10(21(14,18)19)8(5-20-9)6-3-1-2-4-7(6)12(16)17/h1-5H,(H2,13,15)(H,16,17)(H2,14,18,19). The van der Waals surface area contributed by atoms with Crippen molar-refractivity contribution < 1.29 is 23.1 Å². The van der Waals surface area contributed by atoms with Crippen molar-refractivity contribution in [1.29, 1.82) is 0 Å². The molecule has 9 heteroatoms. The molecular formula is C12H10N2O5S2. The molecule has 7 nitrogen and oxygen atoms in total. The number of primary sulfonamides is 1. The van der Waals surface area contributed by atoms with Gasteiger partial charge in [-0.2, -0.15) is 0 Å². The summed E-state index contributed by atoms with van der Waals surface area (Å²) in [7, 11) is -4.24. The van der Waals surface area contributed by atoms with Crippen LogP contribution < -0.4 is 10.9 Å². The maximum absolute atomic E-state index is 11.7. The highest BCUT2D eigenvalue weighted by atomic mass is 32.2. The third-order valence-corrected chi connectivity index (χ3v) is 4.82. The molecule has 0 unspecified atom stereocenters. The molecule has 1 heterocycles. The number of sulfonamides is 1. The number of aromatic carboxylic acids is 1. The van der Waals surface area contributed by atoms with Gasteiger partial charge in [0.2, 0.25) is 10.0 Å². The van der Waals surface area contributed by atoms with E-state index in [0.29, 0.717) is 0 Å². The fourth-order valence-corrected chi connectivity index (χ4v) is 4.11. The fourth-order valence-electron chi connectivity index (χ4n) is 1.89. The van der Waals surface area contributed by atoms with Gasteiger partial charge in [-0.05, 0) is 11.6 Å². The average molecular weight is 326 g/mol. The Balaban J connectivity index is 2.84. The molecule has 0 saturated heterocycles. The van der Waals surface area contributed by atoms with Crippen LogP contribution in [0, 0.1) is 0 Å². The molecule has 0 fully saturated rings. The molecule has 2 rings (SSSR count). The van der Waals surface area contributed by atoms with Gasteiger partial charge in [0.15, 0.2) is 0 Å². The van der Waals surface area contributed by atoms with Crippen molar-refractivity contribution in [3.8, 4) is 11.1 Å². The van der Waals surface area contributed by atoms with Crippen molar-refractivity contribution in [3.63, 3.8) is 0 Å². The SMILES string of the molecule is NC(=O)c1scc(-c2ccccc2C(=O)O)c1S(N)(=O)=O. The number of carbonyl (C=O) groups is 2. The quantitative estimate of drug-likeness (QED) is 0.764. The number of hydrogen-bond acceptors (Lipinski definition) is 5. The van der Waals surface area contributed by atoms with Crippen molar-refractivity contribution in [2.45, 2.75) is 4.90 Å². The smallest absolute Gasteiger partial charge is 0.336 e. The van der Waals surface area contributed by atoms with Crippen LogP contribution in [0.15, 0.2) is 34.5 Å². The minimum atomic E-state index is -4.24. The predicted molar refractivity (Wildman–Crippen MR) is 76.6 cm³/mol. The lowest BCUT2D eigenvalue weighted by Gasteiger charge is -2.07. The topological polar surface area (TPSA) is 141 Å². The van der Waals surface area contributed by atoms with Crippen molar-refractivity contribution in [1.82, 2.24) is 0 Å². The highest BCUT2D eigenvalue weighted by Crippen LogP contribution is 2.36. The molecular weight excluding hydrogens is 316 g/mol. The molecule has 0 atom stereocenters. The highest BCUT2D eigenvalue weighted by Gasteiger charge is 2.27. The summed E-state index contributed by atoms with van der Waals surface area (Å²) in [4.78, 5) is 21.9. The second-order valence-electron chi connectivity index (χ2n) is 4.07. The molecule has 2 aromatic rings. The Hall–Kier alpha value is -2.23. The Morgan fingerprint density at radius 3 is 2.29 bits per heavy atom. The average Bonchev–Trinajstić information content (AvgIpc) is 2.83. The number of nitrogens with two attached hydrogens (primary N) is 2. The number of benzene rings is 1. The van der Waals surface area contributed by atoms with E-state index in [4.69, 9.17) is 16.0 Å². The van der Waals surface area contributed by atoms with Gasteiger partial charge in [-0.25, -0.2) is 18.4 Å². The zero-order valence-corrected chi connectivity index (χ0v) is 12.1. The summed E-state index contributed by atoms with van der Waals surface area (Å²) in [5, 5.41) is 15.6. The van der Waals surface area contributed by atoms with Gasteiger partial charge >= 0.3 is 5.97 Å². The molecule has 0 saturated carbocycles. The Morgan fingerprint density at radius 2 is 1.76 bits per heavy atom. The van der Waals surface area contributed by atoms with Gasteiger partial charge in [0.25, 0.3) is 5.91 Å². The van der Waals surface area contributed by atoms with E-state index in [1.54, 1.807) is 6.07 Å². The summed E-state index contributed by atoms with van der Waals surface area (Å²) >= 11 is 0.800. The lowest BCUT2D eigenvalue weighted by molar-refractivity contribution is 0.0697. The summed E-state index contributed by atoms with van der Waals surface area (Å²) in [6.07, 6.45) is 0. The zero-order chi connectivity index (χ0) is 15.8. The van der Waals surface area contributed by atoms with E-state index in [1.165, 1.54) is 23.6 Å². The number of carbonyl (C=O) groups excluding carboxylic acids is 1. The minimum Gasteiger partial charge on any atom is -0.478 e. The maximum Gasteiger partial charge on any atom is 0.336 e. The van der Waals surface area contributed by atoms with Crippen LogP contribution in [0.3, 0.4) is 0 Å². The van der Waals surface area contributed by atoms with Gasteiger partial charge < -0.3 is 10.8 Å². The molecule has 21 heavy (non-hydrogen) atoms. The van der Waals surface area contributed by atoms with Crippen LogP contribution in [0.4, 0.5) is 0 Å². The molecule has 110 valence electrons. The van der Waals surface area contributed by atoms with E-state index in [9.17, 15) is 18.0 Å². The lowest BCUT2D eigenvalue weighted by Crippen LogP contribution is -2.19. The highest BCUT2D eigenvalue weighted by molar-refractivity contribution is 7.89. The van der Waals surface area contributed by atoms with Crippen LogP contribution in [0.1, 0.15) is 20.0 Å².